The third-order valence-electron chi connectivity index (χ3n) is 6.56. The molecule has 3 heterocycles. The van der Waals surface area contributed by atoms with Crippen LogP contribution in [0.2, 0.25) is 0 Å². The van der Waals surface area contributed by atoms with Gasteiger partial charge >= 0.3 is 5.97 Å². The Bertz CT molecular complexity index is 1230. The lowest BCUT2D eigenvalue weighted by atomic mass is 9.76. The number of nitrogens with zero attached hydrogens (tertiary/aromatic N) is 1. The number of thiophene rings is 1. The van der Waals surface area contributed by atoms with Crippen LogP contribution in [0.4, 0.5) is 10.1 Å². The zero-order valence-electron chi connectivity index (χ0n) is 18.4. The van der Waals surface area contributed by atoms with Gasteiger partial charge in [0.05, 0.1) is 30.2 Å². The van der Waals surface area contributed by atoms with Crippen LogP contribution in [-0.2, 0) is 25.5 Å². The molecule has 2 amide bonds. The highest BCUT2D eigenvalue weighted by Gasteiger charge is 2.69. The lowest BCUT2D eigenvalue weighted by Gasteiger charge is -2.33. The van der Waals surface area contributed by atoms with E-state index in [1.165, 1.54) is 29.5 Å². The Kier molecular flexibility index (Phi) is 5.79. The quantitative estimate of drug-likeness (QED) is 0.430. The van der Waals surface area contributed by atoms with Crippen molar-refractivity contribution in [3.05, 3.63) is 88.4 Å². The predicted octanol–water partition coefficient (Wildman–Crippen LogP) is 3.88. The Labute approximate surface area is 200 Å². The summed E-state index contributed by atoms with van der Waals surface area (Å²) in [6.07, 6.45) is 0.153. The highest BCUT2D eigenvalue weighted by atomic mass is 32.1. The maximum absolute atomic E-state index is 14.7. The van der Waals surface area contributed by atoms with E-state index in [0.29, 0.717) is 0 Å². The predicted molar refractivity (Wildman–Crippen MR) is 126 cm³/mol. The molecule has 3 aromatic rings. The fourth-order valence-electron chi connectivity index (χ4n) is 5.19. The average Bonchev–Trinajstić information content (AvgIpc) is 3.53. The largest absolute Gasteiger partial charge is 0.465 e. The maximum Gasteiger partial charge on any atom is 0.327 e. The van der Waals surface area contributed by atoms with Crippen LogP contribution in [0.1, 0.15) is 23.4 Å². The van der Waals surface area contributed by atoms with Gasteiger partial charge in [0.1, 0.15) is 11.4 Å². The number of hydrogen-bond donors (Lipinski definition) is 1. The lowest BCUT2D eigenvalue weighted by molar-refractivity contribution is -0.154. The summed E-state index contributed by atoms with van der Waals surface area (Å²) >= 11 is 1.43. The van der Waals surface area contributed by atoms with Gasteiger partial charge in [-0.3, -0.25) is 19.7 Å². The van der Waals surface area contributed by atoms with E-state index in [2.05, 4.69) is 5.32 Å². The zero-order valence-corrected chi connectivity index (χ0v) is 19.3. The fourth-order valence-corrected chi connectivity index (χ4v) is 6.01. The molecule has 1 N–H and O–H groups in total. The molecule has 2 aromatic carbocycles. The standard InChI is InChI=1S/C26H23FN2O4S/c1-2-33-25(32)26(15-16-9-4-3-5-10-16)21-20(22(28-26)19-13-8-14-34-19)23(30)29(24(21)31)18-12-7-6-11-17(18)27/h3-14,20-22,28H,2,15H2,1H3/t20-,21+,22-,26+/m0/s1. The summed E-state index contributed by atoms with van der Waals surface area (Å²) in [6.45, 7) is 1.82. The normalized spacial score (nSPS) is 26.1. The highest BCUT2D eigenvalue weighted by Crippen LogP contribution is 2.52. The number of amides is 2. The number of para-hydroxylation sites is 1. The molecule has 5 rings (SSSR count). The summed E-state index contributed by atoms with van der Waals surface area (Å²) in [5, 5.41) is 5.24. The van der Waals surface area contributed by atoms with Gasteiger partial charge in [-0.05, 0) is 36.1 Å². The number of halogens is 1. The van der Waals surface area contributed by atoms with Crippen molar-refractivity contribution in [1.82, 2.24) is 5.32 Å². The van der Waals surface area contributed by atoms with Gasteiger partial charge < -0.3 is 4.74 Å². The van der Waals surface area contributed by atoms with Crippen molar-refractivity contribution in [3.63, 3.8) is 0 Å². The minimum Gasteiger partial charge on any atom is -0.465 e. The van der Waals surface area contributed by atoms with E-state index in [1.54, 1.807) is 13.0 Å². The van der Waals surface area contributed by atoms with Crippen molar-refractivity contribution in [2.75, 3.05) is 11.5 Å². The van der Waals surface area contributed by atoms with Crippen LogP contribution in [0.15, 0.2) is 72.1 Å². The third kappa shape index (κ3) is 3.45. The minimum atomic E-state index is -1.48. The fraction of sp³-hybridized carbons (Fsp3) is 0.269. The van der Waals surface area contributed by atoms with Gasteiger partial charge in [-0.1, -0.05) is 48.5 Å². The molecule has 174 valence electrons. The highest BCUT2D eigenvalue weighted by molar-refractivity contribution is 7.10. The molecule has 0 radical (unpaired) electrons. The van der Waals surface area contributed by atoms with E-state index in [4.69, 9.17) is 4.74 Å². The maximum atomic E-state index is 14.7. The number of nitrogens with one attached hydrogen (secondary N) is 1. The molecule has 0 unspecified atom stereocenters. The van der Waals surface area contributed by atoms with Crippen molar-refractivity contribution < 1.29 is 23.5 Å². The lowest BCUT2D eigenvalue weighted by Crippen LogP contribution is -2.58. The average molecular weight is 479 g/mol. The third-order valence-corrected chi connectivity index (χ3v) is 7.52. The molecule has 2 saturated heterocycles. The number of anilines is 1. The van der Waals surface area contributed by atoms with Gasteiger partial charge in [0.15, 0.2) is 0 Å². The van der Waals surface area contributed by atoms with E-state index < -0.39 is 47.0 Å². The number of fused-ring (bicyclic) bond motifs is 1. The molecule has 0 bridgehead atoms. The van der Waals surface area contributed by atoms with Crippen LogP contribution in [-0.4, -0.2) is 29.9 Å². The van der Waals surface area contributed by atoms with Crippen molar-refractivity contribution in [2.45, 2.75) is 24.9 Å². The summed E-state index contributed by atoms with van der Waals surface area (Å²) in [6, 6.07) is 18.1. The van der Waals surface area contributed by atoms with Crippen molar-refractivity contribution >= 4 is 34.8 Å². The molecule has 34 heavy (non-hydrogen) atoms. The second-order valence-electron chi connectivity index (χ2n) is 8.46. The van der Waals surface area contributed by atoms with Gasteiger partial charge in [-0.25, -0.2) is 9.29 Å². The second-order valence-corrected chi connectivity index (χ2v) is 9.44. The number of hydrogen-bond acceptors (Lipinski definition) is 6. The van der Waals surface area contributed by atoms with Gasteiger partial charge in [0, 0.05) is 11.3 Å². The molecule has 0 aliphatic carbocycles. The van der Waals surface area contributed by atoms with Crippen LogP contribution in [0.25, 0.3) is 0 Å². The molecular formula is C26H23FN2O4S. The Morgan fingerprint density at radius 1 is 1.06 bits per heavy atom. The van der Waals surface area contributed by atoms with E-state index in [0.717, 1.165) is 15.3 Å². The monoisotopic (exact) mass is 478 g/mol. The van der Waals surface area contributed by atoms with Crippen LogP contribution in [0.5, 0.6) is 0 Å². The van der Waals surface area contributed by atoms with Gasteiger partial charge in [0.25, 0.3) is 0 Å². The molecule has 2 aliphatic heterocycles. The van der Waals surface area contributed by atoms with Gasteiger partial charge in [-0.15, -0.1) is 11.3 Å². The molecule has 2 aliphatic rings. The Morgan fingerprint density at radius 3 is 2.47 bits per heavy atom. The first-order valence-corrected chi connectivity index (χ1v) is 12.0. The topological polar surface area (TPSA) is 75.7 Å². The van der Waals surface area contributed by atoms with E-state index in [1.807, 2.05) is 47.8 Å². The number of imide groups is 1. The van der Waals surface area contributed by atoms with Crippen LogP contribution >= 0.6 is 11.3 Å². The molecule has 1 aromatic heterocycles. The van der Waals surface area contributed by atoms with Crippen molar-refractivity contribution in [3.8, 4) is 0 Å². The van der Waals surface area contributed by atoms with Crippen LogP contribution in [0.3, 0.4) is 0 Å². The van der Waals surface area contributed by atoms with Crippen LogP contribution in [0, 0.1) is 17.7 Å². The van der Waals surface area contributed by atoms with Crippen molar-refractivity contribution in [1.29, 1.82) is 0 Å². The molecule has 6 nitrogen and oxygen atoms in total. The SMILES string of the molecule is CCOC(=O)[C@]1(Cc2ccccc2)N[C@@H](c2cccs2)[C@H]2C(=O)N(c3ccccc3F)C(=O)[C@@H]21. The summed E-state index contributed by atoms with van der Waals surface area (Å²) in [4.78, 5) is 42.9. The van der Waals surface area contributed by atoms with Crippen LogP contribution < -0.4 is 10.2 Å². The molecule has 4 atom stereocenters. The van der Waals surface area contributed by atoms with Gasteiger partial charge in [-0.2, -0.15) is 0 Å². The first-order chi connectivity index (χ1) is 16.5. The first kappa shape index (κ1) is 22.4. The van der Waals surface area contributed by atoms with E-state index in [-0.39, 0.29) is 18.7 Å². The Balaban J connectivity index is 1.68. The Morgan fingerprint density at radius 2 is 1.79 bits per heavy atom. The molecule has 8 heteroatoms. The molecular weight excluding hydrogens is 455 g/mol. The molecule has 0 spiro atoms. The first-order valence-electron chi connectivity index (χ1n) is 11.1. The van der Waals surface area contributed by atoms with Gasteiger partial charge in [0.2, 0.25) is 11.8 Å². The van der Waals surface area contributed by atoms with Crippen molar-refractivity contribution in [2.24, 2.45) is 11.8 Å². The molecule has 0 saturated carbocycles. The number of ether oxygens (including phenoxy) is 1. The number of benzene rings is 2. The van der Waals surface area contributed by atoms with E-state index >= 15 is 0 Å². The summed E-state index contributed by atoms with van der Waals surface area (Å²) < 4.78 is 20.2. The van der Waals surface area contributed by atoms with E-state index in [9.17, 15) is 18.8 Å². The zero-order chi connectivity index (χ0) is 23.9. The second kappa shape index (κ2) is 8.77. The smallest absolute Gasteiger partial charge is 0.327 e. The minimum absolute atomic E-state index is 0.103. The summed E-state index contributed by atoms with van der Waals surface area (Å²) in [5.41, 5.74) is -0.767. The number of carbonyl (C=O) groups is 3. The number of carbonyl (C=O) groups excluding carboxylic acids is 3. The number of esters is 1. The Hall–Kier alpha value is -3.36. The number of rotatable bonds is 6. The summed E-state index contributed by atoms with van der Waals surface area (Å²) in [5.74, 6) is -4.32. The summed E-state index contributed by atoms with van der Waals surface area (Å²) in [7, 11) is 0. The molecule has 2 fully saturated rings.